The summed E-state index contributed by atoms with van der Waals surface area (Å²) in [7, 11) is 0. The molecule has 0 bridgehead atoms. The first-order valence-corrected chi connectivity index (χ1v) is 2.81. The molecule has 1 aromatic rings. The summed E-state index contributed by atoms with van der Waals surface area (Å²) in [6.45, 7) is -5.38. The van der Waals surface area contributed by atoms with Gasteiger partial charge >= 0.3 is 0 Å². The van der Waals surface area contributed by atoms with E-state index in [4.69, 9.17) is 9.60 Å². The Bertz CT molecular complexity index is 555. The van der Waals surface area contributed by atoms with Crippen LogP contribution in [0.2, 0.25) is 0 Å². The topological polar surface area (TPSA) is 55.0 Å². The Labute approximate surface area is 73.1 Å². The zero-order valence-corrected chi connectivity index (χ0v) is 5.26. The minimum Gasteiger partial charge on any atom is -0.380 e. The first-order chi connectivity index (χ1) is 8.03. The van der Waals surface area contributed by atoms with Crippen molar-refractivity contribution < 1.29 is 14.3 Å². The standard InChI is InChI=1S/C7H8N2O2/c10-6-1-2-8-7(9-6)5-3-11-4-5/h1-2,5H,3-4H2,(H,8,9,10)/i1D,2D,3D2,4D2,5D. The van der Waals surface area contributed by atoms with Gasteiger partial charge in [0.2, 0.25) is 0 Å². The van der Waals surface area contributed by atoms with Crippen LogP contribution in [0.3, 0.4) is 0 Å². The van der Waals surface area contributed by atoms with Crippen LogP contribution in [0.5, 0.6) is 0 Å². The lowest BCUT2D eigenvalue weighted by molar-refractivity contribution is 0.00475. The average molecular weight is 159 g/mol. The molecule has 0 spiro atoms. The number of nitrogens with zero attached hydrogens (tertiary/aromatic N) is 1. The van der Waals surface area contributed by atoms with Crippen molar-refractivity contribution in [1.82, 2.24) is 9.97 Å². The summed E-state index contributed by atoms with van der Waals surface area (Å²) in [4.78, 5) is 16.6. The summed E-state index contributed by atoms with van der Waals surface area (Å²) in [6, 6.07) is -0.733. The van der Waals surface area contributed by atoms with Gasteiger partial charge in [0.1, 0.15) is 5.82 Å². The lowest BCUT2D eigenvalue weighted by atomic mass is 10.1. The van der Waals surface area contributed by atoms with Crippen LogP contribution in [0.15, 0.2) is 17.0 Å². The van der Waals surface area contributed by atoms with Crippen LogP contribution in [0.25, 0.3) is 0 Å². The van der Waals surface area contributed by atoms with Gasteiger partial charge in [0.25, 0.3) is 5.56 Å². The molecule has 11 heavy (non-hydrogen) atoms. The van der Waals surface area contributed by atoms with Gasteiger partial charge < -0.3 is 9.72 Å². The molecule has 0 amide bonds. The Hall–Kier alpha value is -1.16. The maximum absolute atomic E-state index is 11.3. The van der Waals surface area contributed by atoms with Gasteiger partial charge in [-0.2, -0.15) is 0 Å². The molecule has 0 atom stereocenters. The molecule has 1 aliphatic rings. The third-order valence-corrected chi connectivity index (χ3v) is 1.11. The van der Waals surface area contributed by atoms with Gasteiger partial charge in [0, 0.05) is 13.6 Å². The van der Waals surface area contributed by atoms with E-state index in [1.807, 2.05) is 4.98 Å². The molecule has 4 heteroatoms. The summed E-state index contributed by atoms with van der Waals surface area (Å²) in [5.41, 5.74) is -1.03. The third-order valence-electron chi connectivity index (χ3n) is 1.11. The average Bonchev–Trinajstić information content (AvgIpc) is 2.22. The zero-order chi connectivity index (χ0) is 13.9. The SMILES string of the molecule is [2H]c1nc(C2([2H])C([2H])([2H])OC2([2H])[2H])[nH]c(=O)c1[2H]. The van der Waals surface area contributed by atoms with E-state index in [2.05, 4.69) is 9.72 Å². The number of rotatable bonds is 1. The highest BCUT2D eigenvalue weighted by Gasteiger charge is 2.22. The minimum absolute atomic E-state index is 0.672. The van der Waals surface area contributed by atoms with Crippen LogP contribution < -0.4 is 5.56 Å². The van der Waals surface area contributed by atoms with Crippen molar-refractivity contribution in [3.63, 3.8) is 0 Å². The van der Waals surface area contributed by atoms with Crippen molar-refractivity contribution in [3.05, 3.63) is 28.4 Å². The van der Waals surface area contributed by atoms with Crippen LogP contribution >= 0.6 is 0 Å². The monoisotopic (exact) mass is 159 g/mol. The highest BCUT2D eigenvalue weighted by Crippen LogP contribution is 2.18. The minimum atomic E-state index is -2.69. The molecule has 2 rings (SSSR count). The summed E-state index contributed by atoms with van der Waals surface area (Å²) in [5, 5.41) is 0. The highest BCUT2D eigenvalue weighted by atomic mass is 16.5. The van der Waals surface area contributed by atoms with E-state index in [1.165, 1.54) is 0 Å². The largest absolute Gasteiger partial charge is 0.380 e. The third kappa shape index (κ3) is 1.17. The second-order valence-electron chi connectivity index (χ2n) is 1.83. The predicted octanol–water partition coefficient (Wildman–Crippen LogP) is -0.116. The fraction of sp³-hybridized carbons (Fsp3) is 0.429. The zero-order valence-electron chi connectivity index (χ0n) is 12.3. The molecule has 0 aromatic carbocycles. The lowest BCUT2D eigenvalue weighted by Gasteiger charge is -2.24. The van der Waals surface area contributed by atoms with Gasteiger partial charge in [-0.1, -0.05) is 0 Å². The lowest BCUT2D eigenvalue weighted by Crippen LogP contribution is -2.28. The summed E-state index contributed by atoms with van der Waals surface area (Å²) >= 11 is 0. The Balaban J connectivity index is 2.65. The molecule has 2 heterocycles. The molecular formula is C7H8N2O2. The van der Waals surface area contributed by atoms with Gasteiger partial charge in [-0.25, -0.2) is 4.98 Å². The molecule has 0 saturated carbocycles. The molecule has 1 fully saturated rings. The maximum Gasteiger partial charge on any atom is 0.250 e. The van der Waals surface area contributed by atoms with Gasteiger partial charge in [-0.05, 0) is 0 Å². The van der Waals surface area contributed by atoms with Gasteiger partial charge in [-0.3, -0.25) is 4.79 Å². The number of aromatic nitrogens is 2. The molecule has 1 N–H and O–H groups in total. The maximum atomic E-state index is 11.3. The number of aromatic amines is 1. The molecular weight excluding hydrogens is 144 g/mol. The second kappa shape index (κ2) is 2.47. The molecule has 0 unspecified atom stereocenters. The van der Waals surface area contributed by atoms with Crippen molar-refractivity contribution in [1.29, 1.82) is 0 Å². The molecule has 0 aliphatic carbocycles. The molecule has 1 saturated heterocycles. The van der Waals surface area contributed by atoms with Gasteiger partial charge in [-0.15, -0.1) is 0 Å². The van der Waals surface area contributed by atoms with Gasteiger partial charge in [0.05, 0.1) is 27.2 Å². The van der Waals surface area contributed by atoms with E-state index in [1.54, 1.807) is 0 Å². The van der Waals surface area contributed by atoms with Crippen molar-refractivity contribution in [2.75, 3.05) is 13.1 Å². The number of hydrogen-bond donors (Lipinski definition) is 1. The number of hydrogen-bond acceptors (Lipinski definition) is 3. The van der Waals surface area contributed by atoms with E-state index in [-0.39, 0.29) is 0 Å². The molecule has 58 valence electrons. The normalized spacial score (nSPS) is 39.1. The van der Waals surface area contributed by atoms with Crippen LogP contribution in [0.1, 0.15) is 21.3 Å². The molecule has 1 aliphatic heterocycles. The summed E-state index contributed by atoms with van der Waals surface area (Å²) in [5.74, 6) is -3.27. The van der Waals surface area contributed by atoms with Crippen LogP contribution in [0.4, 0.5) is 0 Å². The van der Waals surface area contributed by atoms with Crippen molar-refractivity contribution in [2.24, 2.45) is 0 Å². The van der Waals surface area contributed by atoms with Crippen LogP contribution in [-0.2, 0) is 4.74 Å². The van der Waals surface area contributed by atoms with Gasteiger partial charge in [0.15, 0.2) is 0 Å². The predicted molar refractivity (Wildman–Crippen MR) is 38.4 cm³/mol. The van der Waals surface area contributed by atoms with Crippen molar-refractivity contribution >= 4 is 0 Å². The van der Waals surface area contributed by atoms with Crippen LogP contribution in [-0.4, -0.2) is 23.1 Å². The fourth-order valence-electron chi connectivity index (χ4n) is 0.619. The number of ether oxygens (including phenoxy) is 1. The highest BCUT2D eigenvalue weighted by molar-refractivity contribution is 5.00. The Morgan fingerprint density at radius 3 is 3.45 bits per heavy atom. The summed E-state index contributed by atoms with van der Waals surface area (Å²) in [6.07, 6.45) is -0.751. The van der Waals surface area contributed by atoms with Crippen molar-refractivity contribution in [2.45, 2.75) is 5.89 Å². The van der Waals surface area contributed by atoms with E-state index in [0.29, 0.717) is 0 Å². The quantitative estimate of drug-likeness (QED) is 0.621. The first-order valence-electron chi connectivity index (χ1n) is 6.31. The smallest absolute Gasteiger partial charge is 0.250 e. The second-order valence-corrected chi connectivity index (χ2v) is 1.83. The fourth-order valence-corrected chi connectivity index (χ4v) is 0.619. The van der Waals surface area contributed by atoms with Crippen LogP contribution in [0, 0.1) is 0 Å². The van der Waals surface area contributed by atoms with E-state index < -0.39 is 42.6 Å². The van der Waals surface area contributed by atoms with E-state index >= 15 is 0 Å². The first kappa shape index (κ1) is 2.42. The Kier molecular flexibility index (Phi) is 0.542. The molecule has 1 aromatic heterocycles. The van der Waals surface area contributed by atoms with Crippen molar-refractivity contribution in [3.8, 4) is 0 Å². The molecule has 0 radical (unpaired) electrons. The summed E-state index contributed by atoms with van der Waals surface area (Å²) < 4.78 is 55.9. The Morgan fingerprint density at radius 1 is 2.00 bits per heavy atom. The van der Waals surface area contributed by atoms with E-state index in [0.717, 1.165) is 0 Å². The number of nitrogens with one attached hydrogen (secondary N) is 1. The Morgan fingerprint density at radius 2 is 2.82 bits per heavy atom. The molecule has 4 nitrogen and oxygen atoms in total. The number of H-pyrrole nitrogens is 1. The van der Waals surface area contributed by atoms with E-state index in [9.17, 15) is 4.79 Å².